The van der Waals surface area contributed by atoms with Crippen molar-refractivity contribution >= 4 is 40.6 Å². The molecule has 3 N–H and O–H groups in total. The molecule has 3 rings (SSSR count). The number of halogens is 1. The number of benzene rings is 2. The molecule has 0 spiro atoms. The number of carbonyl (C=O) groups excluding carboxylic acids is 1. The minimum atomic E-state index is -0.406. The van der Waals surface area contributed by atoms with Crippen LogP contribution in [-0.2, 0) is 4.74 Å². The summed E-state index contributed by atoms with van der Waals surface area (Å²) in [5.41, 5.74) is 11.0. The molecule has 1 aliphatic rings. The predicted octanol–water partition coefficient (Wildman–Crippen LogP) is 3.18. The summed E-state index contributed by atoms with van der Waals surface area (Å²) in [6.07, 6.45) is -0.0173. The number of esters is 1. The first-order valence-electron chi connectivity index (χ1n) is 7.22. The molecule has 1 atom stereocenters. The van der Waals surface area contributed by atoms with Gasteiger partial charge in [0.1, 0.15) is 6.10 Å². The number of nitrogens with two attached hydrogens (primary N) is 1. The largest absolute Gasteiger partial charge is 0.453 e. The maximum atomic E-state index is 12.0. The summed E-state index contributed by atoms with van der Waals surface area (Å²) < 4.78 is 5.48. The molecule has 0 fully saturated rings. The lowest BCUT2D eigenvalue weighted by Crippen LogP contribution is -2.26. The Bertz CT molecular complexity index is 821. The smallest absolute Gasteiger partial charge is 0.339 e. The Kier molecular flexibility index (Phi) is 4.78. The van der Waals surface area contributed by atoms with Gasteiger partial charge in [0.25, 0.3) is 0 Å². The van der Waals surface area contributed by atoms with Gasteiger partial charge in [0.05, 0.1) is 11.3 Å². The lowest BCUT2D eigenvalue weighted by molar-refractivity contribution is 0.0400. The Hall–Kier alpha value is -2.44. The van der Waals surface area contributed by atoms with Gasteiger partial charge in [0.2, 0.25) is 0 Å². The number of ether oxygens (including phenoxy) is 1. The summed E-state index contributed by atoms with van der Waals surface area (Å²) in [5, 5.41) is 4.93. The maximum Gasteiger partial charge on any atom is 0.339 e. The van der Waals surface area contributed by atoms with Crippen molar-refractivity contribution in [1.82, 2.24) is 5.43 Å². The maximum absolute atomic E-state index is 12.0. The van der Waals surface area contributed by atoms with Crippen LogP contribution in [0.3, 0.4) is 0 Å². The van der Waals surface area contributed by atoms with E-state index in [9.17, 15) is 4.79 Å². The van der Waals surface area contributed by atoms with E-state index in [0.717, 1.165) is 11.1 Å². The van der Waals surface area contributed by atoms with Crippen LogP contribution in [0.2, 0.25) is 5.02 Å². The highest BCUT2D eigenvalue weighted by Gasteiger charge is 2.31. The molecule has 2 aromatic carbocycles. The van der Waals surface area contributed by atoms with Gasteiger partial charge >= 0.3 is 5.97 Å². The van der Waals surface area contributed by atoms with E-state index in [1.165, 1.54) is 0 Å². The van der Waals surface area contributed by atoms with E-state index in [2.05, 4.69) is 10.5 Å². The van der Waals surface area contributed by atoms with Gasteiger partial charge in [-0.1, -0.05) is 41.9 Å². The van der Waals surface area contributed by atoms with E-state index in [1.807, 2.05) is 30.3 Å². The fourth-order valence-electron chi connectivity index (χ4n) is 2.54. The molecule has 0 saturated carbocycles. The van der Waals surface area contributed by atoms with Crippen LogP contribution in [0.4, 0.5) is 0 Å². The molecule has 1 heterocycles. The van der Waals surface area contributed by atoms with E-state index >= 15 is 0 Å². The summed E-state index contributed by atoms with van der Waals surface area (Å²) >= 11 is 10.7. The van der Waals surface area contributed by atoms with Gasteiger partial charge in [0.15, 0.2) is 5.11 Å². The fourth-order valence-corrected chi connectivity index (χ4v) is 2.71. The van der Waals surface area contributed by atoms with Crippen LogP contribution in [0.1, 0.15) is 34.0 Å². The highest BCUT2D eigenvalue weighted by atomic mass is 35.5. The Balaban J connectivity index is 1.90. The molecule has 0 saturated heterocycles. The first kappa shape index (κ1) is 16.4. The molecule has 24 heavy (non-hydrogen) atoms. The minimum absolute atomic E-state index is 0.0604. The summed E-state index contributed by atoms with van der Waals surface area (Å²) in [6, 6.07) is 14.5. The minimum Gasteiger partial charge on any atom is -0.453 e. The van der Waals surface area contributed by atoms with Crippen molar-refractivity contribution in [2.45, 2.75) is 12.5 Å². The van der Waals surface area contributed by atoms with E-state index in [0.29, 0.717) is 22.7 Å². The number of hydrazone groups is 1. The molecule has 0 bridgehead atoms. The van der Waals surface area contributed by atoms with Gasteiger partial charge in [-0.25, -0.2) is 4.79 Å². The molecule has 0 unspecified atom stereocenters. The molecule has 0 aromatic heterocycles. The summed E-state index contributed by atoms with van der Waals surface area (Å²) in [7, 11) is 0. The zero-order chi connectivity index (χ0) is 17.1. The Morgan fingerprint density at radius 1 is 1.25 bits per heavy atom. The SMILES string of the molecule is NC(=S)N/N=C(/C[C@H]1OC(=O)c2ccccc21)c1ccc(Cl)cc1. The number of fused-ring (bicyclic) bond motifs is 1. The van der Waals surface area contributed by atoms with Crippen molar-refractivity contribution < 1.29 is 9.53 Å². The average Bonchev–Trinajstić information content (AvgIpc) is 2.89. The van der Waals surface area contributed by atoms with Gasteiger partial charge in [-0.3, -0.25) is 5.43 Å². The predicted molar refractivity (Wildman–Crippen MR) is 97.1 cm³/mol. The molecule has 7 heteroatoms. The first-order chi connectivity index (χ1) is 11.5. The second kappa shape index (κ2) is 6.98. The van der Waals surface area contributed by atoms with Crippen LogP contribution in [0.25, 0.3) is 0 Å². The van der Waals surface area contributed by atoms with Gasteiger partial charge < -0.3 is 10.5 Å². The number of nitrogens with one attached hydrogen (secondary N) is 1. The number of carbonyl (C=O) groups is 1. The third-order valence-corrected chi connectivity index (χ3v) is 3.98. The number of rotatable bonds is 4. The number of hydrogen-bond acceptors (Lipinski definition) is 4. The Morgan fingerprint density at radius 2 is 1.96 bits per heavy atom. The van der Waals surface area contributed by atoms with Crippen molar-refractivity contribution in [1.29, 1.82) is 0 Å². The van der Waals surface area contributed by atoms with Crippen LogP contribution in [0.5, 0.6) is 0 Å². The van der Waals surface area contributed by atoms with E-state index in [1.54, 1.807) is 18.2 Å². The lowest BCUT2D eigenvalue weighted by Gasteiger charge is -2.13. The quantitative estimate of drug-likeness (QED) is 0.379. The van der Waals surface area contributed by atoms with Crippen LogP contribution < -0.4 is 11.2 Å². The summed E-state index contributed by atoms with van der Waals surface area (Å²) in [5.74, 6) is -0.326. The highest BCUT2D eigenvalue weighted by Crippen LogP contribution is 2.33. The molecular formula is C17H14ClN3O2S. The second-order valence-corrected chi connectivity index (χ2v) is 6.10. The zero-order valence-corrected chi connectivity index (χ0v) is 14.1. The van der Waals surface area contributed by atoms with Gasteiger partial charge in [-0.2, -0.15) is 5.10 Å². The number of thiocarbonyl (C=S) groups is 1. The third kappa shape index (κ3) is 3.55. The van der Waals surface area contributed by atoms with Gasteiger partial charge in [-0.05, 0) is 36.0 Å². The van der Waals surface area contributed by atoms with E-state index < -0.39 is 6.10 Å². The Morgan fingerprint density at radius 3 is 2.67 bits per heavy atom. The third-order valence-electron chi connectivity index (χ3n) is 3.63. The monoisotopic (exact) mass is 359 g/mol. The number of hydrogen-bond donors (Lipinski definition) is 2. The first-order valence-corrected chi connectivity index (χ1v) is 8.01. The molecular weight excluding hydrogens is 346 g/mol. The summed E-state index contributed by atoms with van der Waals surface area (Å²) in [4.78, 5) is 12.0. The van der Waals surface area contributed by atoms with Crippen molar-refractivity contribution in [2.75, 3.05) is 0 Å². The van der Waals surface area contributed by atoms with Crippen LogP contribution in [0.15, 0.2) is 53.6 Å². The van der Waals surface area contributed by atoms with Crippen LogP contribution in [-0.4, -0.2) is 16.8 Å². The molecule has 0 amide bonds. The van der Waals surface area contributed by atoms with Crippen molar-refractivity contribution in [3.63, 3.8) is 0 Å². The Labute approximate surface area is 149 Å². The van der Waals surface area contributed by atoms with Crippen molar-refractivity contribution in [3.05, 3.63) is 70.2 Å². The zero-order valence-electron chi connectivity index (χ0n) is 12.5. The molecule has 1 aliphatic heterocycles. The lowest BCUT2D eigenvalue weighted by atomic mass is 9.98. The standard InChI is InChI=1S/C17H14ClN3O2S/c18-11-7-5-10(6-8-11)14(20-21-17(19)24)9-15-12-3-1-2-4-13(12)16(22)23-15/h1-8,15H,9H2,(H3,19,21,24)/b20-14-/t15-/m1/s1. The molecule has 122 valence electrons. The van der Waals surface area contributed by atoms with Crippen LogP contribution >= 0.6 is 23.8 Å². The molecule has 5 nitrogen and oxygen atoms in total. The van der Waals surface area contributed by atoms with Crippen molar-refractivity contribution in [3.8, 4) is 0 Å². The highest BCUT2D eigenvalue weighted by molar-refractivity contribution is 7.80. The average molecular weight is 360 g/mol. The fraction of sp³-hybridized carbons (Fsp3) is 0.118. The topological polar surface area (TPSA) is 76.7 Å². The number of nitrogens with zero attached hydrogens (tertiary/aromatic N) is 1. The summed E-state index contributed by atoms with van der Waals surface area (Å²) in [6.45, 7) is 0. The van der Waals surface area contributed by atoms with Crippen molar-refractivity contribution in [2.24, 2.45) is 10.8 Å². The van der Waals surface area contributed by atoms with E-state index in [-0.39, 0.29) is 11.1 Å². The second-order valence-electron chi connectivity index (χ2n) is 5.23. The number of cyclic esters (lactones) is 1. The van der Waals surface area contributed by atoms with Gasteiger partial charge in [-0.15, -0.1) is 0 Å². The molecule has 0 aliphatic carbocycles. The van der Waals surface area contributed by atoms with Gasteiger partial charge in [0, 0.05) is 17.0 Å². The van der Waals surface area contributed by atoms with Crippen LogP contribution in [0, 0.1) is 0 Å². The normalized spacial score (nSPS) is 16.5. The van der Waals surface area contributed by atoms with E-state index in [4.69, 9.17) is 34.3 Å². The molecule has 0 radical (unpaired) electrons. The molecule has 2 aromatic rings.